The van der Waals surface area contributed by atoms with E-state index in [0.717, 1.165) is 6.07 Å². The first-order chi connectivity index (χ1) is 20.6. The molecule has 2 aromatic carbocycles. The minimum Gasteiger partial charge on any atom is -0.509 e. The Bertz CT molecular complexity index is 1730. The zero-order valence-electron chi connectivity index (χ0n) is 22.8. The number of nitrogens with zero attached hydrogens (tertiary/aromatic N) is 5. The molecule has 5 rings (SSSR count). The SMILES string of the molecule is C[C@]12CCCN1N(Cc1cccc(C#N)c1)C(=O)C(C(=O)Nc1ccc(C(F)(F)F)cc1-c1cc(C(F)(F)F)ncn1)=C2O. The van der Waals surface area contributed by atoms with E-state index in [-0.39, 0.29) is 6.54 Å². The van der Waals surface area contributed by atoms with Crippen molar-refractivity contribution in [2.24, 2.45) is 0 Å². The van der Waals surface area contributed by atoms with E-state index in [1.54, 1.807) is 36.2 Å². The van der Waals surface area contributed by atoms with Crippen molar-refractivity contribution in [3.8, 4) is 17.3 Å². The van der Waals surface area contributed by atoms with Crippen molar-refractivity contribution in [1.82, 2.24) is 20.0 Å². The molecular weight excluding hydrogens is 594 g/mol. The molecule has 0 saturated carbocycles. The van der Waals surface area contributed by atoms with Gasteiger partial charge in [-0.15, -0.1) is 0 Å². The lowest BCUT2D eigenvalue weighted by Gasteiger charge is -2.46. The Morgan fingerprint density at radius 2 is 1.84 bits per heavy atom. The number of carbonyl (C=O) groups excluding carboxylic acids is 2. The van der Waals surface area contributed by atoms with Crippen LogP contribution in [0, 0.1) is 11.3 Å². The normalized spacial score (nSPS) is 19.1. The van der Waals surface area contributed by atoms with Crippen LogP contribution in [0.5, 0.6) is 0 Å². The molecule has 15 heteroatoms. The second kappa shape index (κ2) is 10.9. The maximum atomic E-state index is 13.8. The number of nitrogens with one attached hydrogen (secondary N) is 1. The molecule has 1 saturated heterocycles. The Hall–Kier alpha value is -4.97. The van der Waals surface area contributed by atoms with Crippen LogP contribution in [0.25, 0.3) is 11.3 Å². The molecule has 9 nitrogen and oxygen atoms in total. The van der Waals surface area contributed by atoms with Gasteiger partial charge < -0.3 is 10.4 Å². The summed E-state index contributed by atoms with van der Waals surface area (Å²) in [7, 11) is 0. The van der Waals surface area contributed by atoms with Crippen molar-refractivity contribution in [3.63, 3.8) is 0 Å². The van der Waals surface area contributed by atoms with E-state index in [1.807, 2.05) is 6.07 Å². The topological polar surface area (TPSA) is 122 Å². The second-order valence-electron chi connectivity index (χ2n) is 10.4. The van der Waals surface area contributed by atoms with Crippen LogP contribution in [0.3, 0.4) is 0 Å². The summed E-state index contributed by atoms with van der Waals surface area (Å²) in [6.07, 6.45) is -8.40. The van der Waals surface area contributed by atoms with Crippen molar-refractivity contribution in [1.29, 1.82) is 5.26 Å². The summed E-state index contributed by atoms with van der Waals surface area (Å²) < 4.78 is 80.7. The summed E-state index contributed by atoms with van der Waals surface area (Å²) in [5.41, 5.74) is -5.13. The number of anilines is 1. The van der Waals surface area contributed by atoms with Crippen molar-refractivity contribution < 1.29 is 41.0 Å². The molecule has 0 unspecified atom stereocenters. The van der Waals surface area contributed by atoms with Gasteiger partial charge in [0.05, 0.1) is 40.7 Å². The van der Waals surface area contributed by atoms with E-state index in [1.165, 1.54) is 5.01 Å². The van der Waals surface area contributed by atoms with Gasteiger partial charge in [0.1, 0.15) is 23.4 Å². The fourth-order valence-electron chi connectivity index (χ4n) is 5.35. The number of halogens is 6. The summed E-state index contributed by atoms with van der Waals surface area (Å²) in [6.45, 7) is 1.91. The van der Waals surface area contributed by atoms with Gasteiger partial charge in [-0.05, 0) is 61.7 Å². The number of amides is 2. The van der Waals surface area contributed by atoms with E-state index in [9.17, 15) is 46.3 Å². The summed E-state index contributed by atoms with van der Waals surface area (Å²) in [5, 5.41) is 25.7. The van der Waals surface area contributed by atoms with E-state index in [0.29, 0.717) is 55.0 Å². The van der Waals surface area contributed by atoms with Gasteiger partial charge in [0, 0.05) is 12.1 Å². The molecule has 3 heterocycles. The Labute approximate surface area is 246 Å². The number of aliphatic hydroxyl groups is 1. The zero-order valence-corrected chi connectivity index (χ0v) is 22.8. The number of benzene rings is 2. The van der Waals surface area contributed by atoms with Gasteiger partial charge in [0.2, 0.25) is 0 Å². The van der Waals surface area contributed by atoms with Crippen LogP contribution in [0.4, 0.5) is 32.0 Å². The van der Waals surface area contributed by atoms with E-state index >= 15 is 0 Å². The Kier molecular flexibility index (Phi) is 7.58. The molecule has 44 heavy (non-hydrogen) atoms. The van der Waals surface area contributed by atoms with Gasteiger partial charge >= 0.3 is 12.4 Å². The number of rotatable bonds is 5. The first-order valence-corrected chi connectivity index (χ1v) is 13.1. The van der Waals surface area contributed by atoms with Crippen LogP contribution in [0.15, 0.2) is 66.2 Å². The molecule has 2 N–H and O–H groups in total. The average molecular weight is 617 g/mol. The molecule has 3 aromatic rings. The minimum absolute atomic E-state index is 0.0688. The van der Waals surface area contributed by atoms with Gasteiger partial charge in [0.25, 0.3) is 11.8 Å². The summed E-state index contributed by atoms with van der Waals surface area (Å²) in [4.78, 5) is 34.2. The molecule has 0 spiro atoms. The monoisotopic (exact) mass is 616 g/mol. The van der Waals surface area contributed by atoms with Gasteiger partial charge in [-0.3, -0.25) is 14.6 Å². The van der Waals surface area contributed by atoms with Gasteiger partial charge in [0.15, 0.2) is 0 Å². The highest BCUT2D eigenvalue weighted by Crippen LogP contribution is 2.42. The number of hydrazine groups is 1. The lowest BCUT2D eigenvalue weighted by atomic mass is 9.90. The molecule has 0 bridgehead atoms. The number of aromatic nitrogens is 2. The summed E-state index contributed by atoms with van der Waals surface area (Å²) in [5.74, 6) is -2.67. The third kappa shape index (κ3) is 5.55. The van der Waals surface area contributed by atoms with Gasteiger partial charge in [-0.2, -0.15) is 31.6 Å². The maximum Gasteiger partial charge on any atom is 0.433 e. The van der Waals surface area contributed by atoms with Crippen LogP contribution < -0.4 is 5.32 Å². The highest BCUT2D eigenvalue weighted by atomic mass is 19.4. The number of carbonyl (C=O) groups is 2. The molecule has 1 atom stereocenters. The molecule has 1 aromatic heterocycles. The van der Waals surface area contributed by atoms with Gasteiger partial charge in [-0.1, -0.05) is 12.1 Å². The molecule has 228 valence electrons. The Morgan fingerprint density at radius 1 is 1.09 bits per heavy atom. The number of fused-ring (bicyclic) bond motifs is 1. The predicted octanol–water partition coefficient (Wildman–Crippen LogP) is 5.62. The summed E-state index contributed by atoms with van der Waals surface area (Å²) in [6, 6.07) is 10.8. The number of alkyl halides is 6. The third-order valence-corrected chi connectivity index (χ3v) is 7.53. The Morgan fingerprint density at radius 3 is 2.52 bits per heavy atom. The van der Waals surface area contributed by atoms with Crippen molar-refractivity contribution in [2.45, 2.75) is 44.2 Å². The zero-order chi connectivity index (χ0) is 32.0. The maximum absolute atomic E-state index is 13.8. The molecule has 0 radical (unpaired) electrons. The van der Waals surface area contributed by atoms with Crippen molar-refractivity contribution in [2.75, 3.05) is 11.9 Å². The van der Waals surface area contributed by atoms with E-state index in [4.69, 9.17) is 0 Å². The quantitative estimate of drug-likeness (QED) is 0.282. The number of aliphatic hydroxyl groups excluding tert-OH is 1. The highest BCUT2D eigenvalue weighted by Gasteiger charge is 2.52. The third-order valence-electron chi connectivity index (χ3n) is 7.53. The minimum atomic E-state index is -4.94. The molecule has 2 aliphatic rings. The van der Waals surface area contributed by atoms with Crippen LogP contribution in [0.2, 0.25) is 0 Å². The number of nitriles is 1. The molecule has 2 aliphatic heterocycles. The first kappa shape index (κ1) is 30.5. The number of hydrogen-bond donors (Lipinski definition) is 2. The molecule has 1 fully saturated rings. The van der Waals surface area contributed by atoms with Crippen molar-refractivity contribution in [3.05, 3.63) is 88.6 Å². The Balaban J connectivity index is 1.56. The molecule has 0 aliphatic carbocycles. The van der Waals surface area contributed by atoms with Crippen LogP contribution in [0.1, 0.15) is 42.1 Å². The molecular formula is C29H22F6N6O3. The predicted molar refractivity (Wildman–Crippen MR) is 142 cm³/mol. The second-order valence-corrected chi connectivity index (χ2v) is 10.4. The summed E-state index contributed by atoms with van der Waals surface area (Å²) >= 11 is 0. The van der Waals surface area contributed by atoms with Gasteiger partial charge in [-0.25, -0.2) is 15.0 Å². The highest BCUT2D eigenvalue weighted by molar-refractivity contribution is 6.24. The fraction of sp³-hybridized carbons (Fsp3) is 0.276. The van der Waals surface area contributed by atoms with Crippen molar-refractivity contribution >= 4 is 17.5 Å². The largest absolute Gasteiger partial charge is 0.509 e. The molecule has 2 amide bonds. The van der Waals surface area contributed by atoms with E-state index in [2.05, 4.69) is 15.3 Å². The standard InChI is InChI=1S/C29H22F6N6O3/c1-27-8-3-9-41(27)40(14-17-5-2-4-16(10-17)13-36)26(44)23(24(27)42)25(43)39-20-7-6-18(28(30,31)32)11-19(20)21-12-22(29(33,34)35)38-15-37-21/h2,4-7,10-12,15,42H,3,8-9,14H2,1H3,(H,39,43)/t27-/m1/s1. The lowest BCUT2D eigenvalue weighted by molar-refractivity contribution is -0.160. The van der Waals surface area contributed by atoms with Crippen LogP contribution in [-0.2, 0) is 28.5 Å². The first-order valence-electron chi connectivity index (χ1n) is 13.1. The fourth-order valence-corrected chi connectivity index (χ4v) is 5.35. The average Bonchev–Trinajstić information content (AvgIpc) is 3.37. The smallest absolute Gasteiger partial charge is 0.433 e. The van der Waals surface area contributed by atoms with Crippen LogP contribution in [-0.4, -0.2) is 49.0 Å². The van der Waals surface area contributed by atoms with E-state index < -0.39 is 69.2 Å². The number of hydrogen-bond acceptors (Lipinski definition) is 7. The lowest BCUT2D eigenvalue weighted by Crippen LogP contribution is -2.60. The van der Waals surface area contributed by atoms with Crippen LogP contribution >= 0.6 is 0 Å².